The van der Waals surface area contributed by atoms with Crippen molar-refractivity contribution in [1.82, 2.24) is 4.90 Å². The van der Waals surface area contributed by atoms with Crippen molar-refractivity contribution in [2.45, 2.75) is 50.9 Å². The Hall–Kier alpha value is -2.40. The first-order valence-electron chi connectivity index (χ1n) is 11.6. The first-order chi connectivity index (χ1) is 15.1. The van der Waals surface area contributed by atoms with Crippen LogP contribution in [0.3, 0.4) is 0 Å². The first kappa shape index (κ1) is 21.8. The van der Waals surface area contributed by atoms with Crippen LogP contribution in [0.15, 0.2) is 48.5 Å². The van der Waals surface area contributed by atoms with E-state index in [1.54, 1.807) is 12.1 Å². The fraction of sp³-hybridized carbons (Fsp3) is 0.500. The Kier molecular flexibility index (Phi) is 6.91. The van der Waals surface area contributed by atoms with Gasteiger partial charge in [-0.2, -0.15) is 0 Å². The number of rotatable bonds is 7. The number of carbonyl (C=O) groups is 1. The average molecular weight is 425 g/mol. The second-order valence-corrected chi connectivity index (χ2v) is 9.14. The summed E-state index contributed by atoms with van der Waals surface area (Å²) in [6.07, 6.45) is 5.81. The predicted octanol–water partition coefficient (Wildman–Crippen LogP) is 5.39. The number of piperidine rings is 1. The normalized spacial score (nSPS) is 21.0. The van der Waals surface area contributed by atoms with Crippen LogP contribution in [0.1, 0.15) is 51.0 Å². The molecule has 4 rings (SSSR count). The number of likely N-dealkylation sites (tertiary alicyclic amines) is 1. The molecule has 2 aromatic carbocycles. The predicted molar refractivity (Wildman–Crippen MR) is 122 cm³/mol. The molecular weight excluding hydrogens is 391 g/mol. The SMILES string of the molecule is C[C@H]1CCCN(CCOc2ccc(NC(=O)C3(c4ccccc4F)CCCC3)cc2)C1. The number of halogens is 1. The van der Waals surface area contributed by atoms with Gasteiger partial charge in [0.25, 0.3) is 0 Å². The Morgan fingerprint density at radius 1 is 1.13 bits per heavy atom. The highest BCUT2D eigenvalue weighted by atomic mass is 19.1. The molecule has 5 heteroatoms. The third-order valence-corrected chi connectivity index (χ3v) is 6.81. The molecule has 31 heavy (non-hydrogen) atoms. The van der Waals surface area contributed by atoms with E-state index in [4.69, 9.17) is 4.74 Å². The fourth-order valence-electron chi connectivity index (χ4n) is 5.11. The Balaban J connectivity index is 1.35. The first-order valence-corrected chi connectivity index (χ1v) is 11.6. The third kappa shape index (κ3) is 5.09. The highest BCUT2D eigenvalue weighted by Gasteiger charge is 2.44. The quantitative estimate of drug-likeness (QED) is 0.648. The van der Waals surface area contributed by atoms with Gasteiger partial charge in [0, 0.05) is 24.3 Å². The van der Waals surface area contributed by atoms with Crippen LogP contribution < -0.4 is 10.1 Å². The zero-order valence-electron chi connectivity index (χ0n) is 18.4. The lowest BCUT2D eigenvalue weighted by Crippen LogP contribution is -2.38. The van der Waals surface area contributed by atoms with E-state index in [1.165, 1.54) is 18.9 Å². The van der Waals surface area contributed by atoms with Gasteiger partial charge in [-0.15, -0.1) is 0 Å². The number of amides is 1. The van der Waals surface area contributed by atoms with Crippen molar-refractivity contribution in [3.63, 3.8) is 0 Å². The summed E-state index contributed by atoms with van der Waals surface area (Å²) < 4.78 is 20.4. The number of ether oxygens (including phenoxy) is 1. The molecule has 166 valence electrons. The van der Waals surface area contributed by atoms with Crippen LogP contribution in [-0.4, -0.2) is 37.0 Å². The Morgan fingerprint density at radius 2 is 1.87 bits per heavy atom. The van der Waals surface area contributed by atoms with E-state index in [9.17, 15) is 9.18 Å². The molecule has 2 aromatic rings. The smallest absolute Gasteiger partial charge is 0.235 e. The van der Waals surface area contributed by atoms with E-state index in [0.29, 0.717) is 30.7 Å². The highest BCUT2D eigenvalue weighted by molar-refractivity contribution is 5.99. The molecule has 1 amide bonds. The topological polar surface area (TPSA) is 41.6 Å². The minimum Gasteiger partial charge on any atom is -0.492 e. The minimum absolute atomic E-state index is 0.122. The number of carbonyl (C=O) groups excluding carboxylic acids is 1. The van der Waals surface area contributed by atoms with Gasteiger partial charge in [-0.1, -0.05) is 38.0 Å². The molecule has 1 N–H and O–H groups in total. The van der Waals surface area contributed by atoms with Crippen LogP contribution in [0.5, 0.6) is 5.75 Å². The van der Waals surface area contributed by atoms with Crippen LogP contribution >= 0.6 is 0 Å². The number of benzene rings is 2. The maximum absolute atomic E-state index is 14.5. The van der Waals surface area contributed by atoms with E-state index in [1.807, 2.05) is 30.3 Å². The molecule has 0 radical (unpaired) electrons. The van der Waals surface area contributed by atoms with Gasteiger partial charge in [0.2, 0.25) is 5.91 Å². The molecule has 0 unspecified atom stereocenters. The van der Waals surface area contributed by atoms with Crippen molar-refractivity contribution in [3.8, 4) is 5.75 Å². The largest absolute Gasteiger partial charge is 0.492 e. The molecule has 1 saturated heterocycles. The van der Waals surface area contributed by atoms with Gasteiger partial charge >= 0.3 is 0 Å². The summed E-state index contributed by atoms with van der Waals surface area (Å²) in [4.78, 5) is 15.7. The lowest BCUT2D eigenvalue weighted by molar-refractivity contribution is -0.121. The molecule has 1 aliphatic carbocycles. The van der Waals surface area contributed by atoms with Crippen LogP contribution in [0.25, 0.3) is 0 Å². The summed E-state index contributed by atoms with van der Waals surface area (Å²) >= 11 is 0. The molecule has 0 aromatic heterocycles. The Labute approximate surface area is 184 Å². The molecule has 1 heterocycles. The van der Waals surface area contributed by atoms with Crippen molar-refractivity contribution in [2.24, 2.45) is 5.92 Å². The molecule has 1 saturated carbocycles. The number of anilines is 1. The number of hydrogen-bond donors (Lipinski definition) is 1. The molecule has 2 fully saturated rings. The van der Waals surface area contributed by atoms with E-state index >= 15 is 0 Å². The summed E-state index contributed by atoms with van der Waals surface area (Å²) in [7, 11) is 0. The van der Waals surface area contributed by atoms with E-state index < -0.39 is 5.41 Å². The van der Waals surface area contributed by atoms with Crippen LogP contribution in [0, 0.1) is 11.7 Å². The molecular formula is C26H33FN2O2. The number of nitrogens with one attached hydrogen (secondary N) is 1. The zero-order chi connectivity index (χ0) is 21.7. The van der Waals surface area contributed by atoms with Gasteiger partial charge in [-0.3, -0.25) is 9.69 Å². The summed E-state index contributed by atoms with van der Waals surface area (Å²) in [5, 5.41) is 3.02. The van der Waals surface area contributed by atoms with Gasteiger partial charge < -0.3 is 10.1 Å². The highest BCUT2D eigenvalue weighted by Crippen LogP contribution is 2.43. The minimum atomic E-state index is -0.786. The van der Waals surface area contributed by atoms with Crippen LogP contribution in [-0.2, 0) is 10.2 Å². The van der Waals surface area contributed by atoms with E-state index in [2.05, 4.69) is 17.1 Å². The molecule has 0 bridgehead atoms. The molecule has 2 aliphatic rings. The maximum atomic E-state index is 14.5. The number of nitrogens with zero attached hydrogens (tertiary/aromatic N) is 1. The van der Waals surface area contributed by atoms with Gasteiger partial charge in [0.05, 0.1) is 5.41 Å². The standard InChI is InChI=1S/C26H33FN2O2/c1-20-7-6-16-29(19-20)17-18-31-22-12-10-21(11-13-22)28-25(30)26(14-4-5-15-26)23-8-2-3-9-24(23)27/h2-3,8-13,20H,4-7,14-19H2,1H3,(H,28,30)/t20-/m0/s1. The fourth-order valence-corrected chi connectivity index (χ4v) is 5.11. The molecule has 4 nitrogen and oxygen atoms in total. The summed E-state index contributed by atoms with van der Waals surface area (Å²) in [6.45, 7) is 6.21. The zero-order valence-corrected chi connectivity index (χ0v) is 18.4. The lowest BCUT2D eigenvalue weighted by atomic mass is 9.77. The molecule has 1 atom stereocenters. The lowest BCUT2D eigenvalue weighted by Gasteiger charge is -2.30. The van der Waals surface area contributed by atoms with Gasteiger partial charge in [-0.05, 0) is 68.5 Å². The number of hydrogen-bond acceptors (Lipinski definition) is 3. The van der Waals surface area contributed by atoms with Crippen molar-refractivity contribution in [3.05, 3.63) is 59.9 Å². The Morgan fingerprint density at radius 3 is 2.58 bits per heavy atom. The summed E-state index contributed by atoms with van der Waals surface area (Å²) in [5.41, 5.74) is 0.438. The molecule has 1 aliphatic heterocycles. The van der Waals surface area contributed by atoms with Gasteiger partial charge in [0.1, 0.15) is 18.2 Å². The van der Waals surface area contributed by atoms with Crippen molar-refractivity contribution >= 4 is 11.6 Å². The second-order valence-electron chi connectivity index (χ2n) is 9.14. The van der Waals surface area contributed by atoms with Crippen LogP contribution in [0.4, 0.5) is 10.1 Å². The van der Waals surface area contributed by atoms with E-state index in [0.717, 1.165) is 44.1 Å². The van der Waals surface area contributed by atoms with E-state index in [-0.39, 0.29) is 11.7 Å². The monoisotopic (exact) mass is 424 g/mol. The summed E-state index contributed by atoms with van der Waals surface area (Å²) in [5.74, 6) is 1.14. The van der Waals surface area contributed by atoms with Crippen molar-refractivity contribution in [2.75, 3.05) is 31.6 Å². The van der Waals surface area contributed by atoms with Crippen molar-refractivity contribution < 1.29 is 13.9 Å². The third-order valence-electron chi connectivity index (χ3n) is 6.81. The Bertz CT molecular complexity index is 877. The van der Waals surface area contributed by atoms with Crippen molar-refractivity contribution in [1.29, 1.82) is 0 Å². The average Bonchev–Trinajstić information content (AvgIpc) is 3.26. The maximum Gasteiger partial charge on any atom is 0.235 e. The summed E-state index contributed by atoms with van der Waals surface area (Å²) in [6, 6.07) is 14.2. The van der Waals surface area contributed by atoms with Crippen LogP contribution in [0.2, 0.25) is 0 Å². The van der Waals surface area contributed by atoms with Gasteiger partial charge in [-0.25, -0.2) is 4.39 Å². The second kappa shape index (κ2) is 9.82. The van der Waals surface area contributed by atoms with Gasteiger partial charge in [0.15, 0.2) is 0 Å². The molecule has 0 spiro atoms.